The molecular weight excluding hydrogens is 408 g/mol. The summed E-state index contributed by atoms with van der Waals surface area (Å²) in [5, 5.41) is 15.1. The number of benzene rings is 1. The van der Waals surface area contributed by atoms with Gasteiger partial charge in [-0.2, -0.15) is 13.8 Å². The lowest BCUT2D eigenvalue weighted by Crippen LogP contribution is -2.01. The Bertz CT molecular complexity index is 1070. The standard InChI is InChI=1S/C17H13F2N5O2S2/c1-24-14(12-6-3-7-27-12)21-22-17(24)28-9-13-20-15(26-23-13)10-4-2-5-11(8-10)25-16(18)19/h2-8,16H,9H2,1H3. The summed E-state index contributed by atoms with van der Waals surface area (Å²) in [6.45, 7) is -2.89. The molecule has 4 rings (SSSR count). The van der Waals surface area contributed by atoms with Crippen LogP contribution in [0.3, 0.4) is 0 Å². The fourth-order valence-corrected chi connectivity index (χ4v) is 3.92. The molecule has 1 aromatic carbocycles. The summed E-state index contributed by atoms with van der Waals surface area (Å²) in [4.78, 5) is 5.34. The molecule has 0 aliphatic rings. The highest BCUT2D eigenvalue weighted by Crippen LogP contribution is 2.28. The Hall–Kier alpha value is -2.79. The summed E-state index contributed by atoms with van der Waals surface area (Å²) in [6.07, 6.45) is 0. The Labute approximate surface area is 166 Å². The molecule has 0 unspecified atom stereocenters. The van der Waals surface area contributed by atoms with Crippen LogP contribution in [0.15, 0.2) is 51.5 Å². The highest BCUT2D eigenvalue weighted by Gasteiger charge is 2.15. The molecule has 0 saturated carbocycles. The summed E-state index contributed by atoms with van der Waals surface area (Å²) in [6, 6.07) is 10.1. The quantitative estimate of drug-likeness (QED) is 0.407. The van der Waals surface area contributed by atoms with E-state index in [2.05, 4.69) is 25.1 Å². The minimum atomic E-state index is -2.89. The fourth-order valence-electron chi connectivity index (χ4n) is 2.43. The Morgan fingerprint density at radius 1 is 1.25 bits per heavy atom. The molecule has 0 saturated heterocycles. The van der Waals surface area contributed by atoms with E-state index >= 15 is 0 Å². The van der Waals surface area contributed by atoms with Gasteiger partial charge in [-0.1, -0.05) is 29.1 Å². The molecule has 0 aliphatic heterocycles. The molecule has 11 heteroatoms. The van der Waals surface area contributed by atoms with E-state index in [0.717, 1.165) is 15.9 Å². The van der Waals surface area contributed by atoms with Crippen molar-refractivity contribution in [1.29, 1.82) is 0 Å². The highest BCUT2D eigenvalue weighted by molar-refractivity contribution is 7.98. The number of hydrogen-bond acceptors (Lipinski definition) is 8. The van der Waals surface area contributed by atoms with Crippen molar-refractivity contribution in [3.05, 3.63) is 47.6 Å². The molecule has 0 bridgehead atoms. The van der Waals surface area contributed by atoms with E-state index in [1.54, 1.807) is 23.5 Å². The minimum absolute atomic E-state index is 0.0295. The molecule has 0 spiro atoms. The van der Waals surface area contributed by atoms with Crippen LogP contribution in [-0.2, 0) is 12.8 Å². The lowest BCUT2D eigenvalue weighted by atomic mass is 10.2. The summed E-state index contributed by atoms with van der Waals surface area (Å²) in [7, 11) is 1.90. The summed E-state index contributed by atoms with van der Waals surface area (Å²) < 4.78 is 36.2. The van der Waals surface area contributed by atoms with E-state index in [1.807, 2.05) is 29.1 Å². The molecule has 0 aliphatic carbocycles. The van der Waals surface area contributed by atoms with Crippen LogP contribution >= 0.6 is 23.1 Å². The van der Waals surface area contributed by atoms with Crippen LogP contribution in [0.5, 0.6) is 5.75 Å². The third-order valence-corrected chi connectivity index (χ3v) is 5.56. The molecule has 144 valence electrons. The Morgan fingerprint density at radius 3 is 2.93 bits per heavy atom. The lowest BCUT2D eigenvalue weighted by molar-refractivity contribution is -0.0498. The van der Waals surface area contributed by atoms with Crippen LogP contribution in [0, 0.1) is 0 Å². The molecule has 7 nitrogen and oxygen atoms in total. The molecule has 0 amide bonds. The molecule has 28 heavy (non-hydrogen) atoms. The third-order valence-electron chi connectivity index (χ3n) is 3.68. The highest BCUT2D eigenvalue weighted by atomic mass is 32.2. The molecule has 0 fully saturated rings. The van der Waals surface area contributed by atoms with E-state index in [9.17, 15) is 8.78 Å². The van der Waals surface area contributed by atoms with E-state index in [1.165, 1.54) is 23.9 Å². The maximum absolute atomic E-state index is 12.4. The SMILES string of the molecule is Cn1c(SCc2noc(-c3cccc(OC(F)F)c3)n2)nnc1-c1cccs1. The number of nitrogens with zero attached hydrogens (tertiary/aromatic N) is 5. The van der Waals surface area contributed by atoms with Gasteiger partial charge in [0.25, 0.3) is 5.89 Å². The van der Waals surface area contributed by atoms with Crippen molar-refractivity contribution in [3.63, 3.8) is 0 Å². The second-order valence-electron chi connectivity index (χ2n) is 5.55. The molecule has 4 aromatic rings. The van der Waals surface area contributed by atoms with Gasteiger partial charge >= 0.3 is 6.61 Å². The first-order chi connectivity index (χ1) is 13.6. The first-order valence-electron chi connectivity index (χ1n) is 8.04. The maximum atomic E-state index is 12.4. The largest absolute Gasteiger partial charge is 0.435 e. The molecule has 0 atom stereocenters. The van der Waals surface area contributed by atoms with Crippen molar-refractivity contribution in [1.82, 2.24) is 24.9 Å². The Morgan fingerprint density at radius 2 is 2.14 bits per heavy atom. The van der Waals surface area contributed by atoms with Crippen LogP contribution in [0.2, 0.25) is 0 Å². The van der Waals surface area contributed by atoms with Gasteiger partial charge in [0.2, 0.25) is 0 Å². The zero-order valence-corrected chi connectivity index (χ0v) is 16.1. The van der Waals surface area contributed by atoms with Gasteiger partial charge in [-0.3, -0.25) is 0 Å². The number of rotatable bonds is 7. The van der Waals surface area contributed by atoms with Gasteiger partial charge in [-0.15, -0.1) is 21.5 Å². The van der Waals surface area contributed by atoms with Crippen molar-refractivity contribution < 1.29 is 18.0 Å². The average Bonchev–Trinajstić information content (AvgIpc) is 3.41. The first-order valence-corrected chi connectivity index (χ1v) is 9.90. The monoisotopic (exact) mass is 421 g/mol. The average molecular weight is 421 g/mol. The normalized spacial score (nSPS) is 11.3. The maximum Gasteiger partial charge on any atom is 0.387 e. The van der Waals surface area contributed by atoms with Gasteiger partial charge < -0.3 is 13.8 Å². The first kappa shape index (κ1) is 18.6. The summed E-state index contributed by atoms with van der Waals surface area (Å²) in [5.74, 6) is 1.94. The number of halogens is 2. The third kappa shape index (κ3) is 4.04. The summed E-state index contributed by atoms with van der Waals surface area (Å²) in [5.41, 5.74) is 0.500. The molecule has 3 heterocycles. The topological polar surface area (TPSA) is 78.9 Å². The van der Waals surface area contributed by atoms with Gasteiger partial charge in [0.05, 0.1) is 10.6 Å². The Balaban J connectivity index is 1.45. The zero-order chi connectivity index (χ0) is 19.5. The van der Waals surface area contributed by atoms with Gasteiger partial charge in [-0.05, 0) is 29.6 Å². The number of thioether (sulfide) groups is 1. The van der Waals surface area contributed by atoms with Crippen molar-refractivity contribution in [2.24, 2.45) is 7.05 Å². The second kappa shape index (κ2) is 8.07. The lowest BCUT2D eigenvalue weighted by Gasteiger charge is -2.04. The van der Waals surface area contributed by atoms with Crippen LogP contribution in [0.25, 0.3) is 22.2 Å². The molecular formula is C17H13F2N5O2S2. The number of aromatic nitrogens is 5. The second-order valence-corrected chi connectivity index (χ2v) is 7.44. The van der Waals surface area contributed by atoms with Gasteiger partial charge in [0.15, 0.2) is 16.8 Å². The van der Waals surface area contributed by atoms with Crippen LogP contribution in [0.4, 0.5) is 8.78 Å². The van der Waals surface area contributed by atoms with Crippen molar-refractivity contribution in [2.45, 2.75) is 17.5 Å². The van der Waals surface area contributed by atoms with Crippen molar-refractivity contribution in [3.8, 4) is 27.9 Å². The fraction of sp³-hybridized carbons (Fsp3) is 0.176. The predicted molar refractivity (Wildman–Crippen MR) is 100 cm³/mol. The van der Waals surface area contributed by atoms with Gasteiger partial charge in [0.1, 0.15) is 5.75 Å². The number of alkyl halides is 2. The minimum Gasteiger partial charge on any atom is -0.435 e. The van der Waals surface area contributed by atoms with E-state index < -0.39 is 6.61 Å². The van der Waals surface area contributed by atoms with Crippen molar-refractivity contribution in [2.75, 3.05) is 0 Å². The molecule has 0 radical (unpaired) electrons. The predicted octanol–water partition coefficient (Wildman–Crippen LogP) is 4.49. The van der Waals surface area contributed by atoms with Crippen LogP contribution in [0.1, 0.15) is 5.82 Å². The van der Waals surface area contributed by atoms with Crippen LogP contribution < -0.4 is 4.74 Å². The van der Waals surface area contributed by atoms with Crippen LogP contribution in [-0.4, -0.2) is 31.5 Å². The number of ether oxygens (including phenoxy) is 1. The number of hydrogen-bond donors (Lipinski definition) is 0. The van der Waals surface area contributed by atoms with Crippen molar-refractivity contribution >= 4 is 23.1 Å². The van der Waals surface area contributed by atoms with E-state index in [-0.39, 0.29) is 11.6 Å². The van der Waals surface area contributed by atoms with Gasteiger partial charge in [-0.25, -0.2) is 0 Å². The number of thiophene rings is 1. The van der Waals surface area contributed by atoms with E-state index in [4.69, 9.17) is 4.52 Å². The zero-order valence-electron chi connectivity index (χ0n) is 14.5. The molecule has 0 N–H and O–H groups in total. The van der Waals surface area contributed by atoms with Gasteiger partial charge in [0, 0.05) is 12.6 Å². The Kier molecular flexibility index (Phi) is 5.35. The smallest absolute Gasteiger partial charge is 0.387 e. The summed E-state index contributed by atoms with van der Waals surface area (Å²) >= 11 is 3.02. The molecule has 3 aromatic heterocycles. The van der Waals surface area contributed by atoms with E-state index in [0.29, 0.717) is 17.1 Å².